The monoisotopic (exact) mass is 237 g/mol. The molecule has 0 fully saturated rings. The Morgan fingerprint density at radius 1 is 1.29 bits per heavy atom. The minimum atomic E-state index is -0.842. The third-order valence-corrected chi connectivity index (χ3v) is 1.36. The summed E-state index contributed by atoms with van der Waals surface area (Å²) in [5, 5.41) is 18.5. The molecule has 0 radical (unpaired) electrons. The zero-order valence-corrected chi connectivity index (χ0v) is 9.60. The van der Waals surface area contributed by atoms with E-state index in [0.29, 0.717) is 0 Å². The van der Waals surface area contributed by atoms with Crippen LogP contribution in [0, 0.1) is 0 Å². The van der Waals surface area contributed by atoms with E-state index in [4.69, 9.17) is 0 Å². The van der Waals surface area contributed by atoms with E-state index in [2.05, 4.69) is 11.3 Å². The molecule has 0 spiro atoms. The van der Waals surface area contributed by atoms with Gasteiger partial charge in [0.2, 0.25) is 0 Å². The van der Waals surface area contributed by atoms with Gasteiger partial charge in [0.25, 0.3) is 0 Å². The summed E-state index contributed by atoms with van der Waals surface area (Å²) in [6.07, 6.45) is 0. The van der Waals surface area contributed by atoms with Crippen LogP contribution in [0.2, 0.25) is 0 Å². The van der Waals surface area contributed by atoms with Gasteiger partial charge >= 0.3 is 11.9 Å². The molecule has 0 saturated carbocycles. The van der Waals surface area contributed by atoms with Crippen molar-refractivity contribution in [3.63, 3.8) is 0 Å². The molecule has 0 aliphatic carbocycles. The number of phenolic OH excluding ortho intramolecular Hbond substituents is 1. The van der Waals surface area contributed by atoms with Crippen molar-refractivity contribution >= 4 is 11.9 Å². The Morgan fingerprint density at radius 3 is 2.18 bits per heavy atom. The number of hydrogen-bond donors (Lipinski definition) is 1. The van der Waals surface area contributed by atoms with Crippen LogP contribution in [0.1, 0.15) is 24.2 Å². The third kappa shape index (κ3) is 6.72. The van der Waals surface area contributed by atoms with Crippen molar-refractivity contribution in [1.82, 2.24) is 0 Å². The van der Waals surface area contributed by atoms with Crippen molar-refractivity contribution in [2.24, 2.45) is 0 Å². The highest BCUT2D eigenvalue weighted by Crippen LogP contribution is 2.16. The zero-order valence-electron chi connectivity index (χ0n) is 9.60. The Labute approximate surface area is 99.0 Å². The van der Waals surface area contributed by atoms with Crippen LogP contribution >= 0.6 is 0 Å². The van der Waals surface area contributed by atoms with Gasteiger partial charge in [-0.1, -0.05) is 19.1 Å². The molecule has 0 atom stereocenters. The van der Waals surface area contributed by atoms with E-state index in [0.717, 1.165) is 6.92 Å². The van der Waals surface area contributed by atoms with Crippen LogP contribution in [0.25, 0.3) is 0 Å². The summed E-state index contributed by atoms with van der Waals surface area (Å²) in [5.74, 6) is -1.83. The maximum Gasteiger partial charge on any atom is 0.349 e. The van der Waals surface area contributed by atoms with E-state index in [1.54, 1.807) is 12.1 Å². The van der Waals surface area contributed by atoms with Crippen molar-refractivity contribution in [2.75, 3.05) is 0 Å². The first-order valence-electron chi connectivity index (χ1n) is 4.68. The summed E-state index contributed by atoms with van der Waals surface area (Å²) >= 11 is 0. The van der Waals surface area contributed by atoms with Crippen molar-refractivity contribution in [1.29, 1.82) is 0 Å². The van der Waals surface area contributed by atoms with Gasteiger partial charge < -0.3 is 14.9 Å². The molecule has 17 heavy (non-hydrogen) atoms. The second kappa shape index (κ2) is 7.05. The topological polar surface area (TPSA) is 86.7 Å². The SMILES string of the molecule is C=C(C)[O-].CC(=O)OC(=O)c1ccccc1O. The summed E-state index contributed by atoms with van der Waals surface area (Å²) in [6.45, 7) is 5.54. The number of phenols is 1. The van der Waals surface area contributed by atoms with E-state index < -0.39 is 11.9 Å². The molecule has 0 unspecified atom stereocenters. The van der Waals surface area contributed by atoms with Crippen molar-refractivity contribution in [2.45, 2.75) is 13.8 Å². The van der Waals surface area contributed by atoms with Crippen LogP contribution in [0.3, 0.4) is 0 Å². The maximum absolute atomic E-state index is 11.1. The molecule has 0 aliphatic rings. The summed E-state index contributed by atoms with van der Waals surface area (Å²) in [7, 11) is 0. The van der Waals surface area contributed by atoms with Gasteiger partial charge in [0.1, 0.15) is 11.3 Å². The van der Waals surface area contributed by atoms with Gasteiger partial charge in [-0.3, -0.25) is 4.79 Å². The lowest BCUT2D eigenvalue weighted by atomic mass is 10.2. The first-order chi connectivity index (χ1) is 7.84. The fourth-order valence-corrected chi connectivity index (χ4v) is 0.832. The van der Waals surface area contributed by atoms with Gasteiger partial charge in [-0.25, -0.2) is 4.79 Å². The molecule has 92 valence electrons. The van der Waals surface area contributed by atoms with Gasteiger partial charge in [0.15, 0.2) is 0 Å². The summed E-state index contributed by atoms with van der Waals surface area (Å²) in [4.78, 5) is 21.5. The first-order valence-corrected chi connectivity index (χ1v) is 4.68. The minimum Gasteiger partial charge on any atom is -0.876 e. The fourth-order valence-electron chi connectivity index (χ4n) is 0.832. The average Bonchev–Trinajstić information content (AvgIpc) is 2.16. The first kappa shape index (κ1) is 14.7. The molecule has 0 heterocycles. The lowest BCUT2D eigenvalue weighted by Gasteiger charge is -2.01. The molecule has 0 saturated heterocycles. The summed E-state index contributed by atoms with van der Waals surface area (Å²) < 4.78 is 4.28. The highest BCUT2D eigenvalue weighted by Gasteiger charge is 2.12. The smallest absolute Gasteiger partial charge is 0.349 e. The average molecular weight is 237 g/mol. The van der Waals surface area contributed by atoms with E-state index in [1.807, 2.05) is 0 Å². The van der Waals surface area contributed by atoms with Gasteiger partial charge in [-0.15, -0.1) is 12.3 Å². The Balaban J connectivity index is 0.000000557. The normalized spacial score (nSPS) is 8.59. The number of carbonyl (C=O) groups excluding carboxylic acids is 2. The molecule has 5 heteroatoms. The van der Waals surface area contributed by atoms with Gasteiger partial charge in [0, 0.05) is 6.92 Å². The summed E-state index contributed by atoms with van der Waals surface area (Å²) in [6, 6.07) is 5.85. The zero-order chi connectivity index (χ0) is 13.4. The third-order valence-electron chi connectivity index (χ3n) is 1.36. The number of allylic oxidation sites excluding steroid dienone is 1. The molecule has 0 amide bonds. The molecule has 0 aliphatic heterocycles. The van der Waals surface area contributed by atoms with Crippen LogP contribution < -0.4 is 5.11 Å². The van der Waals surface area contributed by atoms with Gasteiger partial charge in [-0.2, -0.15) is 0 Å². The van der Waals surface area contributed by atoms with Gasteiger partial charge in [0.05, 0.1) is 0 Å². The molecular formula is C12H13O5-. The Hall–Kier alpha value is -2.30. The highest BCUT2D eigenvalue weighted by molar-refractivity contribution is 5.98. The molecule has 1 rings (SSSR count). The predicted octanol–water partition coefficient (Wildman–Crippen LogP) is 0.976. The highest BCUT2D eigenvalue weighted by atomic mass is 16.6. The molecule has 1 N–H and O–H groups in total. The fraction of sp³-hybridized carbons (Fsp3) is 0.167. The second-order valence-electron chi connectivity index (χ2n) is 3.10. The van der Waals surface area contributed by atoms with Crippen molar-refractivity contribution in [3.05, 3.63) is 42.2 Å². The number of benzene rings is 1. The minimum absolute atomic E-state index is 0.0160. The van der Waals surface area contributed by atoms with Crippen LogP contribution in [0.15, 0.2) is 36.6 Å². The Kier molecular flexibility index (Phi) is 6.10. The molecule has 5 nitrogen and oxygen atoms in total. The number of aromatic hydroxyl groups is 1. The van der Waals surface area contributed by atoms with E-state index in [9.17, 15) is 19.8 Å². The van der Waals surface area contributed by atoms with E-state index in [1.165, 1.54) is 19.1 Å². The van der Waals surface area contributed by atoms with E-state index >= 15 is 0 Å². The Bertz CT molecular complexity index is 419. The standard InChI is InChI=1S/C9H8O4.C3H6O/c1-6(10)13-9(12)7-4-2-3-5-8(7)11;1-3(2)4/h2-5,11H,1H3;4H,1H2,2H3/p-1. The number of esters is 2. The largest absolute Gasteiger partial charge is 0.876 e. The number of rotatable bonds is 1. The van der Waals surface area contributed by atoms with Crippen molar-refractivity contribution in [3.8, 4) is 5.75 Å². The van der Waals surface area contributed by atoms with Crippen LogP contribution in [-0.2, 0) is 9.53 Å². The second-order valence-corrected chi connectivity index (χ2v) is 3.10. The van der Waals surface area contributed by atoms with Crippen LogP contribution in [-0.4, -0.2) is 17.0 Å². The van der Waals surface area contributed by atoms with E-state index in [-0.39, 0.29) is 17.1 Å². The molecule has 1 aromatic carbocycles. The van der Waals surface area contributed by atoms with Crippen LogP contribution in [0.5, 0.6) is 5.75 Å². The lowest BCUT2D eigenvalue weighted by molar-refractivity contribution is -0.300. The summed E-state index contributed by atoms with van der Waals surface area (Å²) in [5.41, 5.74) is -0.0160. The number of hydrogen-bond acceptors (Lipinski definition) is 5. The molecular weight excluding hydrogens is 224 g/mol. The molecule has 1 aromatic rings. The quantitative estimate of drug-likeness (QED) is 0.447. The lowest BCUT2D eigenvalue weighted by Crippen LogP contribution is -2.09. The van der Waals surface area contributed by atoms with Crippen molar-refractivity contribution < 1.29 is 24.5 Å². The number of para-hydroxylation sites is 1. The number of ether oxygens (including phenoxy) is 1. The Morgan fingerprint density at radius 2 is 1.76 bits per heavy atom. The van der Waals surface area contributed by atoms with Gasteiger partial charge in [-0.05, 0) is 12.1 Å². The number of carbonyl (C=O) groups is 2. The molecule has 0 bridgehead atoms. The maximum atomic E-state index is 11.1. The predicted molar refractivity (Wildman–Crippen MR) is 59.0 cm³/mol. The molecule has 0 aromatic heterocycles. The van der Waals surface area contributed by atoms with Crippen LogP contribution in [0.4, 0.5) is 0 Å².